The molecule has 0 unspecified atom stereocenters. The van der Waals surface area contributed by atoms with Crippen molar-refractivity contribution in [3.05, 3.63) is 35.9 Å². The van der Waals surface area contributed by atoms with Crippen molar-refractivity contribution in [2.24, 2.45) is 5.41 Å². The SMILES string of the molecule is CCOC(=O)C1(C(=O)OCC)CCCN(C(=O)c2ccccc2)C1. The van der Waals surface area contributed by atoms with Gasteiger partial charge in [-0.3, -0.25) is 14.4 Å². The minimum Gasteiger partial charge on any atom is -0.465 e. The summed E-state index contributed by atoms with van der Waals surface area (Å²) in [5, 5.41) is 0. The Hall–Kier alpha value is -2.37. The molecule has 1 aromatic rings. The van der Waals surface area contributed by atoms with E-state index >= 15 is 0 Å². The van der Waals surface area contributed by atoms with Crippen LogP contribution in [-0.2, 0) is 19.1 Å². The summed E-state index contributed by atoms with van der Waals surface area (Å²) < 4.78 is 10.2. The molecule has 1 aliphatic rings. The van der Waals surface area contributed by atoms with Crippen LogP contribution < -0.4 is 0 Å². The number of carbonyl (C=O) groups excluding carboxylic acids is 3. The number of carbonyl (C=O) groups is 3. The van der Waals surface area contributed by atoms with Gasteiger partial charge in [0.05, 0.1) is 13.2 Å². The van der Waals surface area contributed by atoms with Gasteiger partial charge in [0, 0.05) is 18.7 Å². The number of amides is 1. The third-order valence-corrected chi connectivity index (χ3v) is 4.13. The smallest absolute Gasteiger partial charge is 0.325 e. The summed E-state index contributed by atoms with van der Waals surface area (Å²) in [6.07, 6.45) is 0.861. The van der Waals surface area contributed by atoms with Crippen LogP contribution in [-0.4, -0.2) is 49.0 Å². The van der Waals surface area contributed by atoms with Gasteiger partial charge in [-0.05, 0) is 38.8 Å². The highest BCUT2D eigenvalue weighted by molar-refractivity contribution is 6.02. The molecule has 1 aromatic carbocycles. The van der Waals surface area contributed by atoms with Crippen LogP contribution in [0, 0.1) is 5.41 Å². The van der Waals surface area contributed by atoms with E-state index in [1.807, 2.05) is 6.07 Å². The normalized spacial score (nSPS) is 16.3. The molecule has 1 fully saturated rings. The number of hydrogen-bond donors (Lipinski definition) is 0. The van der Waals surface area contributed by atoms with Crippen LogP contribution >= 0.6 is 0 Å². The van der Waals surface area contributed by atoms with Gasteiger partial charge < -0.3 is 14.4 Å². The maximum absolute atomic E-state index is 12.7. The summed E-state index contributed by atoms with van der Waals surface area (Å²) in [7, 11) is 0. The van der Waals surface area contributed by atoms with Crippen LogP contribution in [0.15, 0.2) is 30.3 Å². The maximum atomic E-state index is 12.7. The lowest BCUT2D eigenvalue weighted by atomic mass is 9.79. The largest absolute Gasteiger partial charge is 0.465 e. The Morgan fingerprint density at radius 1 is 1.04 bits per heavy atom. The van der Waals surface area contributed by atoms with Crippen molar-refractivity contribution < 1.29 is 23.9 Å². The molecular formula is C18H23NO5. The molecule has 0 bridgehead atoms. The summed E-state index contributed by atoms with van der Waals surface area (Å²) in [5.41, 5.74) is -0.907. The van der Waals surface area contributed by atoms with Crippen molar-refractivity contribution in [2.75, 3.05) is 26.3 Å². The Bertz CT molecular complexity index is 581. The van der Waals surface area contributed by atoms with Gasteiger partial charge in [0.2, 0.25) is 0 Å². The topological polar surface area (TPSA) is 72.9 Å². The van der Waals surface area contributed by atoms with Crippen molar-refractivity contribution >= 4 is 17.8 Å². The van der Waals surface area contributed by atoms with E-state index in [0.717, 1.165) is 0 Å². The molecule has 0 spiro atoms. The van der Waals surface area contributed by atoms with Gasteiger partial charge in [0.1, 0.15) is 0 Å². The van der Waals surface area contributed by atoms with E-state index in [1.165, 1.54) is 4.90 Å². The molecule has 1 saturated heterocycles. The summed E-state index contributed by atoms with van der Waals surface area (Å²) in [4.78, 5) is 39.2. The Balaban J connectivity index is 2.27. The Morgan fingerprint density at radius 2 is 1.62 bits per heavy atom. The quantitative estimate of drug-likeness (QED) is 0.609. The molecule has 1 aliphatic heterocycles. The number of benzene rings is 1. The van der Waals surface area contributed by atoms with E-state index < -0.39 is 17.4 Å². The fourth-order valence-electron chi connectivity index (χ4n) is 2.95. The van der Waals surface area contributed by atoms with Gasteiger partial charge in [-0.1, -0.05) is 18.2 Å². The molecule has 130 valence electrons. The Morgan fingerprint density at radius 3 is 2.17 bits per heavy atom. The second-order valence-electron chi connectivity index (χ2n) is 5.72. The van der Waals surface area contributed by atoms with Crippen LogP contribution in [0.25, 0.3) is 0 Å². The summed E-state index contributed by atoms with van der Waals surface area (Å²) in [6, 6.07) is 8.82. The Labute approximate surface area is 141 Å². The zero-order valence-electron chi connectivity index (χ0n) is 14.1. The van der Waals surface area contributed by atoms with Crippen LogP contribution in [0.2, 0.25) is 0 Å². The summed E-state index contributed by atoms with van der Waals surface area (Å²) >= 11 is 0. The number of nitrogens with zero attached hydrogens (tertiary/aromatic N) is 1. The lowest BCUT2D eigenvalue weighted by Gasteiger charge is -2.39. The molecular weight excluding hydrogens is 310 g/mol. The van der Waals surface area contributed by atoms with Crippen LogP contribution in [0.1, 0.15) is 37.0 Å². The predicted molar refractivity (Wildman–Crippen MR) is 87.3 cm³/mol. The van der Waals surface area contributed by atoms with E-state index in [-0.39, 0.29) is 25.7 Å². The molecule has 24 heavy (non-hydrogen) atoms. The second kappa shape index (κ2) is 7.95. The molecule has 6 heteroatoms. The first-order valence-electron chi connectivity index (χ1n) is 8.24. The highest BCUT2D eigenvalue weighted by Gasteiger charge is 2.52. The van der Waals surface area contributed by atoms with E-state index in [2.05, 4.69) is 0 Å². The monoisotopic (exact) mass is 333 g/mol. The second-order valence-corrected chi connectivity index (χ2v) is 5.72. The minimum atomic E-state index is -1.44. The van der Waals surface area contributed by atoms with E-state index in [1.54, 1.807) is 38.1 Å². The zero-order chi connectivity index (χ0) is 17.6. The zero-order valence-corrected chi connectivity index (χ0v) is 14.1. The molecule has 1 heterocycles. The lowest BCUT2D eigenvalue weighted by molar-refractivity contribution is -0.175. The molecule has 0 aromatic heterocycles. The third kappa shape index (κ3) is 3.58. The molecule has 0 saturated carbocycles. The van der Waals surface area contributed by atoms with Crippen molar-refractivity contribution in [3.8, 4) is 0 Å². The fourth-order valence-corrected chi connectivity index (χ4v) is 2.95. The van der Waals surface area contributed by atoms with Crippen LogP contribution in [0.3, 0.4) is 0 Å². The number of likely N-dealkylation sites (tertiary alicyclic amines) is 1. The first-order chi connectivity index (χ1) is 11.5. The third-order valence-electron chi connectivity index (χ3n) is 4.13. The van der Waals surface area contributed by atoms with Crippen molar-refractivity contribution in [1.29, 1.82) is 0 Å². The molecule has 0 aliphatic carbocycles. The predicted octanol–water partition coefficient (Wildman–Crippen LogP) is 2.04. The van der Waals surface area contributed by atoms with Crippen molar-refractivity contribution in [1.82, 2.24) is 4.90 Å². The van der Waals surface area contributed by atoms with Gasteiger partial charge in [-0.15, -0.1) is 0 Å². The van der Waals surface area contributed by atoms with Crippen molar-refractivity contribution in [3.63, 3.8) is 0 Å². The molecule has 6 nitrogen and oxygen atoms in total. The van der Waals surface area contributed by atoms with Crippen LogP contribution in [0.5, 0.6) is 0 Å². The first kappa shape index (κ1) is 18.0. The minimum absolute atomic E-state index is 0.0155. The fraction of sp³-hybridized carbons (Fsp3) is 0.500. The lowest BCUT2D eigenvalue weighted by Crippen LogP contribution is -2.55. The van der Waals surface area contributed by atoms with E-state index in [9.17, 15) is 14.4 Å². The molecule has 0 atom stereocenters. The van der Waals surface area contributed by atoms with Gasteiger partial charge in [0.25, 0.3) is 5.91 Å². The number of hydrogen-bond acceptors (Lipinski definition) is 5. The van der Waals surface area contributed by atoms with Crippen LogP contribution in [0.4, 0.5) is 0 Å². The molecule has 1 amide bonds. The standard InChI is InChI=1S/C18H23NO5/c1-3-23-16(21)18(17(22)24-4-2)11-8-12-19(13-18)15(20)14-9-6-5-7-10-14/h5-7,9-10H,3-4,8,11-13H2,1-2H3. The average Bonchev–Trinajstić information content (AvgIpc) is 2.62. The van der Waals surface area contributed by atoms with E-state index in [0.29, 0.717) is 24.9 Å². The number of piperidine rings is 1. The van der Waals surface area contributed by atoms with Gasteiger partial charge >= 0.3 is 11.9 Å². The Kier molecular flexibility index (Phi) is 5.95. The van der Waals surface area contributed by atoms with Gasteiger partial charge in [-0.2, -0.15) is 0 Å². The number of esters is 2. The number of rotatable bonds is 5. The van der Waals surface area contributed by atoms with Gasteiger partial charge in [-0.25, -0.2) is 0 Å². The van der Waals surface area contributed by atoms with Gasteiger partial charge in [0.15, 0.2) is 5.41 Å². The highest BCUT2D eigenvalue weighted by atomic mass is 16.6. The average molecular weight is 333 g/mol. The molecule has 0 N–H and O–H groups in total. The molecule has 0 radical (unpaired) electrons. The number of ether oxygens (including phenoxy) is 2. The van der Waals surface area contributed by atoms with Crippen molar-refractivity contribution in [2.45, 2.75) is 26.7 Å². The summed E-state index contributed by atoms with van der Waals surface area (Å²) in [5.74, 6) is -1.43. The van der Waals surface area contributed by atoms with E-state index in [4.69, 9.17) is 9.47 Å². The summed E-state index contributed by atoms with van der Waals surface area (Å²) in [6.45, 7) is 4.20. The maximum Gasteiger partial charge on any atom is 0.325 e. The first-order valence-corrected chi connectivity index (χ1v) is 8.24. The molecule has 2 rings (SSSR count). The highest BCUT2D eigenvalue weighted by Crippen LogP contribution is 2.34.